The maximum Gasteiger partial charge on any atom is 0.220 e. The highest BCUT2D eigenvalue weighted by atomic mass is 16.8. The number of carbonyl (C=O) groups is 1. The first-order valence-electron chi connectivity index (χ1n) is 39.5. The van der Waals surface area contributed by atoms with Crippen LogP contribution in [0, 0.1) is 0 Å². The van der Waals surface area contributed by atoms with Crippen LogP contribution >= 0.6 is 0 Å². The van der Waals surface area contributed by atoms with Gasteiger partial charge in [0.15, 0.2) is 18.9 Å². The van der Waals surface area contributed by atoms with Gasteiger partial charge in [-0.3, -0.25) is 4.79 Å². The van der Waals surface area contributed by atoms with Crippen LogP contribution in [-0.2, 0) is 33.2 Å². The summed E-state index contributed by atoms with van der Waals surface area (Å²) in [6.45, 7) is 1.72. The normalized spacial score (nSPS) is 27.1. The Bertz CT molecular complexity index is 2010. The average molecular weight is 1400 g/mol. The van der Waals surface area contributed by atoms with Gasteiger partial charge >= 0.3 is 0 Å². The molecule has 0 aromatic heterocycles. The molecule has 3 rings (SSSR count). The van der Waals surface area contributed by atoms with Gasteiger partial charge in [-0.25, -0.2) is 0 Å². The van der Waals surface area contributed by atoms with Crippen LogP contribution < -0.4 is 5.32 Å². The van der Waals surface area contributed by atoms with Crippen molar-refractivity contribution in [2.75, 3.05) is 26.4 Å². The molecule has 12 N–H and O–H groups in total. The number of nitrogens with one attached hydrogen (secondary N) is 1. The Labute approximate surface area is 592 Å². The average Bonchev–Trinajstić information content (AvgIpc) is 0.785. The number of aliphatic hydroxyl groups is 11. The minimum absolute atomic E-state index is 0.244. The molecule has 0 aromatic carbocycles. The molecule has 19 heteroatoms. The van der Waals surface area contributed by atoms with Crippen LogP contribution in [0.5, 0.6) is 0 Å². The van der Waals surface area contributed by atoms with Crippen LogP contribution in [0.2, 0.25) is 0 Å². The second-order valence-corrected chi connectivity index (χ2v) is 28.2. The smallest absolute Gasteiger partial charge is 0.220 e. The molecule has 0 radical (unpaired) electrons. The SMILES string of the molecule is CC/C=C\C/C=C\C/C=C\C/C=C\C/C=C\CCCCCCCCCCCCCC(=O)NC(COC1OC(CO)C(OC2OC(CO)C(OC3OC(CO)C(O)C(O)C3O)C(O)C2O)C(O)C1O)C(O)CCCCCCCCCCCCCCCCCCCCCCCCCCCC. The van der Waals surface area contributed by atoms with E-state index in [1.807, 2.05) is 0 Å². The number of amides is 1. The van der Waals surface area contributed by atoms with Gasteiger partial charge in [0.25, 0.3) is 0 Å². The fourth-order valence-corrected chi connectivity index (χ4v) is 13.3. The zero-order chi connectivity index (χ0) is 71.1. The molecule has 3 aliphatic heterocycles. The van der Waals surface area contributed by atoms with E-state index in [9.17, 15) is 61.0 Å². The zero-order valence-electron chi connectivity index (χ0n) is 61.0. The van der Waals surface area contributed by atoms with Gasteiger partial charge in [0.05, 0.1) is 38.6 Å². The Morgan fingerprint density at radius 2 is 0.704 bits per heavy atom. The monoisotopic (exact) mass is 1390 g/mol. The van der Waals surface area contributed by atoms with Gasteiger partial charge in [-0.1, -0.05) is 299 Å². The number of aliphatic hydroxyl groups excluding tert-OH is 11. The van der Waals surface area contributed by atoms with Crippen LogP contribution in [0.1, 0.15) is 303 Å². The highest BCUT2D eigenvalue weighted by molar-refractivity contribution is 5.76. The lowest BCUT2D eigenvalue weighted by atomic mass is 9.96. The van der Waals surface area contributed by atoms with Crippen LogP contribution in [0.15, 0.2) is 60.8 Å². The third-order valence-electron chi connectivity index (χ3n) is 19.6. The predicted molar refractivity (Wildman–Crippen MR) is 388 cm³/mol. The van der Waals surface area contributed by atoms with Crippen molar-refractivity contribution in [3.63, 3.8) is 0 Å². The van der Waals surface area contributed by atoms with E-state index in [1.165, 1.54) is 186 Å². The molecule has 0 spiro atoms. The lowest BCUT2D eigenvalue weighted by Gasteiger charge is -2.48. The second-order valence-electron chi connectivity index (χ2n) is 28.2. The van der Waals surface area contributed by atoms with Crippen molar-refractivity contribution >= 4 is 5.91 Å². The van der Waals surface area contributed by atoms with E-state index in [-0.39, 0.29) is 18.9 Å². The van der Waals surface area contributed by atoms with E-state index in [1.54, 1.807) is 0 Å². The standard InChI is InChI=1S/C79H143NO18/c1-3-5-7-9-11-13-15-17-19-21-23-25-27-29-31-33-35-37-39-41-43-45-47-49-51-53-55-57-67(85)80-62(63(84)56-54-52-50-48-46-44-42-40-38-36-34-32-30-28-26-24-22-20-18-16-14-12-10-8-6-4-2)61-93-77-73(91)70(88)75(65(59-82)95-77)98-79-74(92)71(89)76(66(60-83)96-79)97-78-72(90)69(87)68(86)64(58-81)94-78/h5,7,11,13,17,19,23,25,29,31,62-66,68-79,81-84,86-92H,3-4,6,8-10,12,14-16,18,20-22,24,26-28,30,32-61H2,1-2H3,(H,80,85)/b7-5-,13-11-,19-17-,25-23-,31-29-. The summed E-state index contributed by atoms with van der Waals surface area (Å²) >= 11 is 0. The van der Waals surface area contributed by atoms with Gasteiger partial charge in [-0.15, -0.1) is 0 Å². The molecular formula is C79H143NO18. The number of rotatable bonds is 62. The molecule has 3 aliphatic rings. The van der Waals surface area contributed by atoms with Crippen LogP contribution in [0.4, 0.5) is 0 Å². The largest absolute Gasteiger partial charge is 0.394 e. The molecule has 17 unspecified atom stereocenters. The van der Waals surface area contributed by atoms with Crippen molar-refractivity contribution < 1.29 is 89.4 Å². The Morgan fingerprint density at radius 1 is 0.378 bits per heavy atom. The number of ether oxygens (including phenoxy) is 6. The number of unbranched alkanes of at least 4 members (excludes halogenated alkanes) is 36. The molecule has 3 fully saturated rings. The lowest BCUT2D eigenvalue weighted by molar-refractivity contribution is -0.379. The van der Waals surface area contributed by atoms with Gasteiger partial charge in [0.2, 0.25) is 5.91 Å². The molecule has 1 amide bonds. The first-order valence-corrected chi connectivity index (χ1v) is 39.5. The molecule has 98 heavy (non-hydrogen) atoms. The third kappa shape index (κ3) is 39.9. The van der Waals surface area contributed by atoms with Crippen molar-refractivity contribution in [1.82, 2.24) is 5.32 Å². The first kappa shape index (κ1) is 89.7. The summed E-state index contributed by atoms with van der Waals surface area (Å²) in [6.07, 6.45) is 48.7. The molecule has 3 saturated heterocycles. The van der Waals surface area contributed by atoms with Crippen molar-refractivity contribution in [3.05, 3.63) is 60.8 Å². The highest BCUT2D eigenvalue weighted by Gasteiger charge is 2.54. The van der Waals surface area contributed by atoms with Crippen LogP contribution in [-0.4, -0.2) is 193 Å². The van der Waals surface area contributed by atoms with Crippen LogP contribution in [0.3, 0.4) is 0 Å². The number of hydrogen-bond acceptors (Lipinski definition) is 18. The molecule has 17 atom stereocenters. The number of hydrogen-bond donors (Lipinski definition) is 12. The quantitative estimate of drug-likeness (QED) is 0.0199. The van der Waals surface area contributed by atoms with Gasteiger partial charge in [-0.05, 0) is 57.8 Å². The van der Waals surface area contributed by atoms with E-state index in [2.05, 4.69) is 79.9 Å². The molecule has 3 heterocycles. The van der Waals surface area contributed by atoms with E-state index in [4.69, 9.17) is 28.4 Å². The van der Waals surface area contributed by atoms with Crippen molar-refractivity contribution in [2.24, 2.45) is 0 Å². The Morgan fingerprint density at radius 3 is 1.10 bits per heavy atom. The Kier molecular flexibility index (Phi) is 54.8. The fourth-order valence-electron chi connectivity index (χ4n) is 13.3. The van der Waals surface area contributed by atoms with E-state index >= 15 is 0 Å². The highest BCUT2D eigenvalue weighted by Crippen LogP contribution is 2.33. The van der Waals surface area contributed by atoms with Crippen LogP contribution in [0.25, 0.3) is 0 Å². The molecule has 19 nitrogen and oxygen atoms in total. The van der Waals surface area contributed by atoms with E-state index in [0.29, 0.717) is 12.8 Å². The number of allylic oxidation sites excluding steroid dienone is 10. The summed E-state index contributed by atoms with van der Waals surface area (Å²) in [5.74, 6) is -0.244. The summed E-state index contributed by atoms with van der Waals surface area (Å²) < 4.78 is 34.5. The molecule has 572 valence electrons. The third-order valence-corrected chi connectivity index (χ3v) is 19.6. The minimum atomic E-state index is -1.98. The topological polar surface area (TPSA) is 307 Å². The van der Waals surface area contributed by atoms with E-state index < -0.39 is 124 Å². The van der Waals surface area contributed by atoms with Gasteiger partial charge in [0.1, 0.15) is 73.2 Å². The second kappa shape index (κ2) is 59.8. The van der Waals surface area contributed by atoms with Gasteiger partial charge in [-0.2, -0.15) is 0 Å². The van der Waals surface area contributed by atoms with E-state index in [0.717, 1.165) is 83.5 Å². The summed E-state index contributed by atoms with van der Waals surface area (Å²) in [5, 5.41) is 121. The lowest BCUT2D eigenvalue weighted by Crippen LogP contribution is -2.66. The summed E-state index contributed by atoms with van der Waals surface area (Å²) in [7, 11) is 0. The Balaban J connectivity index is 1.38. The maximum absolute atomic E-state index is 13.5. The van der Waals surface area contributed by atoms with Crippen molar-refractivity contribution in [2.45, 2.75) is 407 Å². The van der Waals surface area contributed by atoms with Crippen molar-refractivity contribution in [1.29, 1.82) is 0 Å². The molecular weight excluding hydrogens is 1250 g/mol. The maximum atomic E-state index is 13.5. The van der Waals surface area contributed by atoms with Crippen molar-refractivity contribution in [3.8, 4) is 0 Å². The van der Waals surface area contributed by atoms with Gasteiger partial charge < -0.3 is 89.9 Å². The molecule has 0 aliphatic carbocycles. The summed E-state index contributed by atoms with van der Waals surface area (Å²) in [6, 6.07) is -0.893. The molecule has 0 saturated carbocycles. The minimum Gasteiger partial charge on any atom is -0.394 e. The summed E-state index contributed by atoms with van der Waals surface area (Å²) in [5.41, 5.74) is 0. The molecule has 0 bridgehead atoms. The molecule has 0 aromatic rings. The first-order chi connectivity index (χ1) is 47.8. The van der Waals surface area contributed by atoms with Gasteiger partial charge in [0, 0.05) is 6.42 Å². The Hall–Kier alpha value is -2.51. The zero-order valence-corrected chi connectivity index (χ0v) is 61.0. The predicted octanol–water partition coefficient (Wildman–Crippen LogP) is 12.7. The number of carbonyl (C=O) groups excluding carboxylic acids is 1. The fraction of sp³-hybridized carbons (Fsp3) is 0.861. The summed E-state index contributed by atoms with van der Waals surface area (Å²) in [4.78, 5) is 13.5.